The van der Waals surface area contributed by atoms with Crippen molar-refractivity contribution in [3.63, 3.8) is 0 Å². The van der Waals surface area contributed by atoms with Gasteiger partial charge in [-0.25, -0.2) is 17.9 Å². The summed E-state index contributed by atoms with van der Waals surface area (Å²) in [5, 5.41) is 5.42. The average molecular weight is 393 g/mol. The van der Waals surface area contributed by atoms with E-state index in [9.17, 15) is 12.8 Å². The Bertz CT molecular complexity index is 1020. The summed E-state index contributed by atoms with van der Waals surface area (Å²) in [5.74, 6) is 0.337. The van der Waals surface area contributed by atoms with Crippen molar-refractivity contribution in [1.29, 1.82) is 0 Å². The molecule has 0 atom stereocenters. The zero-order valence-corrected chi connectivity index (χ0v) is 15.0. The molecule has 0 fully saturated rings. The molecule has 0 saturated carbocycles. The molecule has 0 saturated heterocycles. The SMILES string of the molecule is NS(=O)(=O)Cc1cc(Cl)cc(-c2ccc(Oc3ccc(F)cc3)cc2)n1. The second-order valence-corrected chi connectivity index (χ2v) is 7.60. The van der Waals surface area contributed by atoms with Gasteiger partial charge in [0.05, 0.1) is 11.4 Å². The number of primary sulfonamides is 1. The van der Waals surface area contributed by atoms with Crippen LogP contribution in [0.3, 0.4) is 0 Å². The van der Waals surface area contributed by atoms with E-state index in [0.717, 1.165) is 5.56 Å². The zero-order chi connectivity index (χ0) is 18.7. The molecule has 134 valence electrons. The van der Waals surface area contributed by atoms with Gasteiger partial charge < -0.3 is 4.74 Å². The lowest BCUT2D eigenvalue weighted by atomic mass is 10.1. The summed E-state index contributed by atoms with van der Waals surface area (Å²) in [5.41, 5.74) is 1.51. The van der Waals surface area contributed by atoms with Crippen molar-refractivity contribution >= 4 is 21.6 Å². The largest absolute Gasteiger partial charge is 0.457 e. The number of sulfonamides is 1. The second-order valence-electron chi connectivity index (χ2n) is 5.55. The first kappa shape index (κ1) is 18.3. The highest BCUT2D eigenvalue weighted by atomic mass is 35.5. The lowest BCUT2D eigenvalue weighted by Gasteiger charge is -2.08. The predicted octanol–water partition coefficient (Wildman–Crippen LogP) is 4.12. The highest BCUT2D eigenvalue weighted by Crippen LogP contribution is 2.27. The third-order valence-corrected chi connectivity index (χ3v) is 4.31. The Kier molecular flexibility index (Phi) is 5.22. The maximum atomic E-state index is 12.9. The number of ether oxygens (including phenoxy) is 1. The van der Waals surface area contributed by atoms with Crippen LogP contribution in [0.2, 0.25) is 5.02 Å². The van der Waals surface area contributed by atoms with Crippen LogP contribution in [0.1, 0.15) is 5.69 Å². The molecular weight excluding hydrogens is 379 g/mol. The van der Waals surface area contributed by atoms with Gasteiger partial charge >= 0.3 is 0 Å². The zero-order valence-electron chi connectivity index (χ0n) is 13.4. The molecule has 0 spiro atoms. The molecule has 0 unspecified atom stereocenters. The Morgan fingerprint density at radius 1 is 1.00 bits per heavy atom. The molecule has 1 heterocycles. The van der Waals surface area contributed by atoms with E-state index < -0.39 is 15.8 Å². The molecule has 3 rings (SSSR count). The van der Waals surface area contributed by atoms with Gasteiger partial charge in [0.25, 0.3) is 0 Å². The number of nitrogens with two attached hydrogens (primary N) is 1. The van der Waals surface area contributed by atoms with Crippen molar-refractivity contribution in [2.45, 2.75) is 5.75 Å². The third kappa shape index (κ3) is 5.01. The van der Waals surface area contributed by atoms with Crippen LogP contribution < -0.4 is 9.88 Å². The fourth-order valence-corrected chi connectivity index (χ4v) is 3.10. The number of rotatable bonds is 5. The van der Waals surface area contributed by atoms with Crippen molar-refractivity contribution in [3.05, 3.63) is 77.2 Å². The van der Waals surface area contributed by atoms with E-state index in [1.54, 1.807) is 30.3 Å². The molecule has 0 aliphatic carbocycles. The number of nitrogens with zero attached hydrogens (tertiary/aromatic N) is 1. The maximum Gasteiger partial charge on any atom is 0.214 e. The highest BCUT2D eigenvalue weighted by Gasteiger charge is 2.10. The van der Waals surface area contributed by atoms with Gasteiger partial charge in [0.2, 0.25) is 10.0 Å². The Labute approximate surface area is 155 Å². The summed E-state index contributed by atoms with van der Waals surface area (Å²) in [4.78, 5) is 4.29. The van der Waals surface area contributed by atoms with E-state index >= 15 is 0 Å². The van der Waals surface area contributed by atoms with Crippen molar-refractivity contribution in [1.82, 2.24) is 4.98 Å². The summed E-state index contributed by atoms with van der Waals surface area (Å²) in [6.45, 7) is 0. The Hall–Kier alpha value is -2.48. The Morgan fingerprint density at radius 2 is 1.58 bits per heavy atom. The van der Waals surface area contributed by atoms with Crippen molar-refractivity contribution < 1.29 is 17.5 Å². The fourth-order valence-electron chi connectivity index (χ4n) is 2.31. The van der Waals surface area contributed by atoms with Gasteiger partial charge in [-0.3, -0.25) is 4.98 Å². The first-order valence-corrected chi connectivity index (χ1v) is 9.59. The van der Waals surface area contributed by atoms with Gasteiger partial charge in [0, 0.05) is 10.6 Å². The topological polar surface area (TPSA) is 82.3 Å². The minimum atomic E-state index is -3.71. The van der Waals surface area contributed by atoms with E-state index in [4.69, 9.17) is 21.5 Å². The molecule has 5 nitrogen and oxygen atoms in total. The summed E-state index contributed by atoms with van der Waals surface area (Å²) < 4.78 is 41.1. The van der Waals surface area contributed by atoms with Gasteiger partial charge in [0.15, 0.2) is 0 Å². The smallest absolute Gasteiger partial charge is 0.214 e. The Morgan fingerprint density at radius 3 is 2.15 bits per heavy atom. The van der Waals surface area contributed by atoms with E-state index in [1.165, 1.54) is 30.3 Å². The number of pyridine rings is 1. The maximum absolute atomic E-state index is 12.9. The van der Waals surface area contributed by atoms with Crippen LogP contribution in [0, 0.1) is 5.82 Å². The van der Waals surface area contributed by atoms with E-state index in [-0.39, 0.29) is 11.5 Å². The molecular formula is C18H14ClFN2O3S. The molecule has 2 aromatic carbocycles. The van der Waals surface area contributed by atoms with E-state index in [0.29, 0.717) is 22.2 Å². The van der Waals surface area contributed by atoms with Crippen molar-refractivity contribution in [2.75, 3.05) is 0 Å². The molecule has 0 aliphatic heterocycles. The van der Waals surface area contributed by atoms with Crippen LogP contribution in [-0.2, 0) is 15.8 Å². The third-order valence-electron chi connectivity index (χ3n) is 3.39. The first-order chi connectivity index (χ1) is 12.3. The fraction of sp³-hybridized carbons (Fsp3) is 0.0556. The number of hydrogen-bond donors (Lipinski definition) is 1. The summed E-state index contributed by atoms with van der Waals surface area (Å²) >= 11 is 6.05. The molecule has 1 aromatic heterocycles. The quantitative estimate of drug-likeness (QED) is 0.708. The number of benzene rings is 2. The van der Waals surface area contributed by atoms with Gasteiger partial charge in [0.1, 0.15) is 23.1 Å². The standard InChI is InChI=1S/C18H14ClFN2O3S/c19-13-9-15(11-26(21,23)24)22-18(10-13)12-1-5-16(6-2-12)25-17-7-3-14(20)4-8-17/h1-10H,11H2,(H2,21,23,24). The summed E-state index contributed by atoms with van der Waals surface area (Å²) in [7, 11) is -3.71. The molecule has 0 radical (unpaired) electrons. The van der Waals surface area contributed by atoms with Crippen LogP contribution in [0.25, 0.3) is 11.3 Å². The monoisotopic (exact) mass is 392 g/mol. The minimum Gasteiger partial charge on any atom is -0.457 e. The van der Waals surface area contributed by atoms with Crippen LogP contribution in [0.15, 0.2) is 60.7 Å². The number of aromatic nitrogens is 1. The van der Waals surface area contributed by atoms with Crippen LogP contribution in [0.4, 0.5) is 4.39 Å². The average Bonchev–Trinajstić information content (AvgIpc) is 2.55. The number of halogens is 2. The second kappa shape index (κ2) is 7.41. The van der Waals surface area contributed by atoms with Crippen LogP contribution in [0.5, 0.6) is 11.5 Å². The molecule has 3 aromatic rings. The molecule has 26 heavy (non-hydrogen) atoms. The minimum absolute atomic E-state index is 0.265. The lowest BCUT2D eigenvalue weighted by Crippen LogP contribution is -2.15. The molecule has 8 heteroatoms. The van der Waals surface area contributed by atoms with Crippen molar-refractivity contribution in [3.8, 4) is 22.8 Å². The predicted molar refractivity (Wildman–Crippen MR) is 98.0 cm³/mol. The summed E-state index contributed by atoms with van der Waals surface area (Å²) in [6.07, 6.45) is 0. The molecule has 0 bridgehead atoms. The number of hydrogen-bond acceptors (Lipinski definition) is 4. The lowest BCUT2D eigenvalue weighted by molar-refractivity contribution is 0.480. The highest BCUT2D eigenvalue weighted by molar-refractivity contribution is 7.88. The molecule has 0 aliphatic rings. The van der Waals surface area contributed by atoms with Crippen LogP contribution >= 0.6 is 11.6 Å². The van der Waals surface area contributed by atoms with E-state index in [1.807, 2.05) is 0 Å². The Balaban J connectivity index is 1.83. The summed E-state index contributed by atoms with van der Waals surface area (Å²) in [6, 6.07) is 15.7. The normalized spacial score (nSPS) is 11.3. The van der Waals surface area contributed by atoms with Gasteiger partial charge in [-0.1, -0.05) is 11.6 Å². The van der Waals surface area contributed by atoms with Gasteiger partial charge in [-0.05, 0) is 60.7 Å². The first-order valence-electron chi connectivity index (χ1n) is 7.49. The van der Waals surface area contributed by atoms with Crippen LogP contribution in [-0.4, -0.2) is 13.4 Å². The van der Waals surface area contributed by atoms with Crippen molar-refractivity contribution in [2.24, 2.45) is 5.14 Å². The van der Waals surface area contributed by atoms with E-state index in [2.05, 4.69) is 4.98 Å². The van der Waals surface area contributed by atoms with Gasteiger partial charge in [-0.2, -0.15) is 0 Å². The van der Waals surface area contributed by atoms with Gasteiger partial charge in [-0.15, -0.1) is 0 Å². The molecule has 2 N–H and O–H groups in total. The molecule has 0 amide bonds.